The Morgan fingerprint density at radius 2 is 1.73 bits per heavy atom. The van der Waals surface area contributed by atoms with E-state index < -0.39 is 11.8 Å². The Morgan fingerprint density at radius 3 is 2.40 bits per heavy atom. The molecule has 0 saturated carbocycles. The molecule has 4 aromatic rings. The summed E-state index contributed by atoms with van der Waals surface area (Å²) in [4.78, 5) is 4.38. The van der Waals surface area contributed by atoms with Gasteiger partial charge in [-0.2, -0.15) is 8.78 Å². The van der Waals surface area contributed by atoms with Crippen molar-refractivity contribution < 1.29 is 22.7 Å². The van der Waals surface area contributed by atoms with Gasteiger partial charge in [0, 0.05) is 11.6 Å². The van der Waals surface area contributed by atoms with Gasteiger partial charge in [-0.15, -0.1) is 10.2 Å². The van der Waals surface area contributed by atoms with Crippen LogP contribution in [0.25, 0.3) is 22.5 Å². The topological polar surface area (TPSA) is 75.2 Å². The van der Waals surface area contributed by atoms with Crippen molar-refractivity contribution in [2.45, 2.75) is 23.9 Å². The van der Waals surface area contributed by atoms with E-state index in [0.717, 1.165) is 16.3 Å². The molecule has 0 saturated heterocycles. The van der Waals surface area contributed by atoms with Crippen molar-refractivity contribution >= 4 is 22.8 Å². The summed E-state index contributed by atoms with van der Waals surface area (Å²) in [7, 11) is 3.09. The van der Waals surface area contributed by atoms with Gasteiger partial charge in [-0.25, -0.2) is 4.98 Å². The van der Waals surface area contributed by atoms with Crippen molar-refractivity contribution in [1.29, 1.82) is 0 Å². The Kier molecular flexibility index (Phi) is 5.58. The molecule has 0 N–H and O–H groups in total. The summed E-state index contributed by atoms with van der Waals surface area (Å²) in [5.41, 5.74) is 1.51. The predicted octanol–water partition coefficient (Wildman–Crippen LogP) is 5.35. The second-order valence-corrected chi connectivity index (χ2v) is 7.63. The van der Waals surface area contributed by atoms with Gasteiger partial charge >= 0.3 is 6.55 Å². The Balaban J connectivity index is 1.62. The smallest absolute Gasteiger partial charge is 0.320 e. The number of benzene rings is 2. The molecule has 1 atom stereocenters. The normalized spacial score (nSPS) is 12.5. The van der Waals surface area contributed by atoms with Crippen LogP contribution < -0.4 is 9.47 Å². The molecule has 2 aromatic carbocycles. The lowest BCUT2D eigenvalue weighted by Gasteiger charge is -2.11. The SMILES string of the molecule is COc1cc(OC)cc(-c2nnc(SC(C)c3nc4ccccc4n3C(F)F)o2)c1. The molecule has 0 bridgehead atoms. The maximum Gasteiger partial charge on any atom is 0.320 e. The van der Waals surface area contributed by atoms with Crippen LogP contribution in [0.15, 0.2) is 52.1 Å². The Labute approximate surface area is 175 Å². The number of fused-ring (bicyclic) bond motifs is 1. The largest absolute Gasteiger partial charge is 0.497 e. The fraction of sp³-hybridized carbons (Fsp3) is 0.250. The molecule has 0 aliphatic heterocycles. The van der Waals surface area contributed by atoms with Crippen LogP contribution in [0.3, 0.4) is 0 Å². The Morgan fingerprint density at radius 1 is 1.03 bits per heavy atom. The van der Waals surface area contributed by atoms with E-state index in [1.807, 2.05) is 0 Å². The maximum absolute atomic E-state index is 13.7. The Bertz CT molecular complexity index is 1160. The number of ether oxygens (including phenoxy) is 2. The van der Waals surface area contributed by atoms with E-state index in [0.29, 0.717) is 28.1 Å². The van der Waals surface area contributed by atoms with Gasteiger partial charge in [0.05, 0.1) is 30.5 Å². The van der Waals surface area contributed by atoms with Crippen molar-refractivity contribution in [3.8, 4) is 23.0 Å². The third kappa shape index (κ3) is 3.82. The minimum Gasteiger partial charge on any atom is -0.497 e. The second-order valence-electron chi connectivity index (χ2n) is 6.34. The van der Waals surface area contributed by atoms with Crippen LogP contribution in [0.2, 0.25) is 0 Å². The van der Waals surface area contributed by atoms with E-state index in [-0.39, 0.29) is 16.9 Å². The fourth-order valence-corrected chi connectivity index (χ4v) is 3.85. The highest BCUT2D eigenvalue weighted by atomic mass is 32.2. The third-order valence-electron chi connectivity index (χ3n) is 4.46. The summed E-state index contributed by atoms with van der Waals surface area (Å²) in [5, 5.41) is 7.90. The highest BCUT2D eigenvalue weighted by molar-refractivity contribution is 7.99. The summed E-state index contributed by atoms with van der Waals surface area (Å²) in [6.45, 7) is -0.943. The number of halogens is 2. The Hall–Kier alpha value is -3.14. The lowest BCUT2D eigenvalue weighted by molar-refractivity contribution is 0.0715. The minimum atomic E-state index is -2.71. The monoisotopic (exact) mass is 432 g/mol. The van der Waals surface area contributed by atoms with Crippen LogP contribution in [0.4, 0.5) is 8.78 Å². The summed E-state index contributed by atoms with van der Waals surface area (Å²) >= 11 is 1.16. The van der Waals surface area contributed by atoms with Crippen LogP contribution in [-0.2, 0) is 0 Å². The molecule has 4 rings (SSSR count). The molecule has 0 fully saturated rings. The summed E-state index contributed by atoms with van der Waals surface area (Å²) in [6, 6.07) is 12.0. The minimum absolute atomic E-state index is 0.235. The number of thioether (sulfide) groups is 1. The first-order chi connectivity index (χ1) is 14.5. The molecular weight excluding hydrogens is 414 g/mol. The van der Waals surface area contributed by atoms with Crippen molar-refractivity contribution in [2.24, 2.45) is 0 Å². The molecule has 1 unspecified atom stereocenters. The molecule has 0 radical (unpaired) electrons. The number of alkyl halides is 2. The zero-order chi connectivity index (χ0) is 21.3. The van der Waals surface area contributed by atoms with Crippen LogP contribution >= 0.6 is 11.8 Å². The van der Waals surface area contributed by atoms with Gasteiger partial charge < -0.3 is 13.9 Å². The van der Waals surface area contributed by atoms with Crippen molar-refractivity contribution in [3.05, 3.63) is 48.3 Å². The van der Waals surface area contributed by atoms with E-state index in [1.165, 1.54) is 0 Å². The molecule has 0 aliphatic carbocycles. The zero-order valence-corrected chi connectivity index (χ0v) is 17.2. The first kappa shape index (κ1) is 20.1. The summed E-state index contributed by atoms with van der Waals surface area (Å²) in [6.07, 6.45) is 0. The number of hydrogen-bond acceptors (Lipinski definition) is 7. The average molecular weight is 432 g/mol. The first-order valence-electron chi connectivity index (χ1n) is 8.98. The number of rotatable bonds is 7. The molecule has 2 aromatic heterocycles. The van der Waals surface area contributed by atoms with E-state index in [4.69, 9.17) is 13.9 Å². The van der Waals surface area contributed by atoms with Gasteiger partial charge in [0.25, 0.3) is 5.22 Å². The first-order valence-corrected chi connectivity index (χ1v) is 9.86. The lowest BCUT2D eigenvalue weighted by atomic mass is 10.2. The van der Waals surface area contributed by atoms with Crippen molar-refractivity contribution in [2.75, 3.05) is 14.2 Å². The van der Waals surface area contributed by atoms with Gasteiger partial charge in [0.2, 0.25) is 5.89 Å². The van der Waals surface area contributed by atoms with Gasteiger partial charge in [-0.3, -0.25) is 4.57 Å². The van der Waals surface area contributed by atoms with Gasteiger partial charge in [0.15, 0.2) is 0 Å². The predicted molar refractivity (Wildman–Crippen MR) is 108 cm³/mol. The van der Waals surface area contributed by atoms with Crippen LogP contribution in [-0.4, -0.2) is 34.0 Å². The zero-order valence-electron chi connectivity index (χ0n) is 16.4. The van der Waals surface area contributed by atoms with Gasteiger partial charge in [-0.05, 0) is 31.2 Å². The highest BCUT2D eigenvalue weighted by Crippen LogP contribution is 2.38. The molecule has 30 heavy (non-hydrogen) atoms. The fourth-order valence-electron chi connectivity index (χ4n) is 3.06. The highest BCUT2D eigenvalue weighted by Gasteiger charge is 2.24. The van der Waals surface area contributed by atoms with Crippen molar-refractivity contribution in [1.82, 2.24) is 19.7 Å². The molecule has 0 amide bonds. The second kappa shape index (κ2) is 8.31. The van der Waals surface area contributed by atoms with E-state index in [1.54, 1.807) is 63.6 Å². The standard InChI is InChI=1S/C20H18F2N4O3S/c1-11(17-23-15-6-4-5-7-16(15)26(17)19(21)22)30-20-25-24-18(29-20)12-8-13(27-2)10-14(9-12)28-3/h4-11,19H,1-3H3. The molecular formula is C20H18F2N4O3S. The summed E-state index contributed by atoms with van der Waals surface area (Å²) < 4.78 is 44.6. The number of para-hydroxylation sites is 2. The number of imidazole rings is 1. The number of nitrogens with zero attached hydrogens (tertiary/aromatic N) is 4. The average Bonchev–Trinajstić information content (AvgIpc) is 3.38. The molecule has 0 aliphatic rings. The van der Waals surface area contributed by atoms with Gasteiger partial charge in [-0.1, -0.05) is 23.9 Å². The molecule has 7 nitrogen and oxygen atoms in total. The maximum atomic E-state index is 13.7. The third-order valence-corrected chi connectivity index (χ3v) is 5.40. The van der Waals surface area contributed by atoms with E-state index in [9.17, 15) is 8.78 Å². The summed E-state index contributed by atoms with van der Waals surface area (Å²) in [5.74, 6) is 1.66. The molecule has 10 heteroatoms. The van der Waals surface area contributed by atoms with Crippen LogP contribution in [0.1, 0.15) is 24.5 Å². The molecule has 2 heterocycles. The van der Waals surface area contributed by atoms with E-state index in [2.05, 4.69) is 15.2 Å². The quantitative estimate of drug-likeness (QED) is 0.364. The van der Waals surface area contributed by atoms with Gasteiger partial charge in [0.1, 0.15) is 17.3 Å². The number of methoxy groups -OCH3 is 2. The van der Waals surface area contributed by atoms with Crippen molar-refractivity contribution in [3.63, 3.8) is 0 Å². The molecule has 0 spiro atoms. The lowest BCUT2D eigenvalue weighted by Crippen LogP contribution is -2.06. The van der Waals surface area contributed by atoms with Crippen LogP contribution in [0.5, 0.6) is 11.5 Å². The number of aromatic nitrogens is 4. The number of hydrogen-bond donors (Lipinski definition) is 0. The molecule has 156 valence electrons. The van der Waals surface area contributed by atoms with Crippen LogP contribution in [0, 0.1) is 0 Å². The van der Waals surface area contributed by atoms with E-state index >= 15 is 0 Å².